The molecule has 1 atom stereocenters. The summed E-state index contributed by atoms with van der Waals surface area (Å²) in [7, 11) is 0. The average Bonchev–Trinajstić information content (AvgIpc) is 3.22. The standard InChI is InChI=1S/C23H25FN2O2/c1-2-25-14-19(17-4-3-16-7-10-28-22(16)13-17)18-5-6-21(23(24)20(18)15-25)26-8-11-27-12-9-26/h3-7,10,13,19H,2,8-9,11-12,14-15H2,1H3. The van der Waals surface area contributed by atoms with Crippen LogP contribution in [0.1, 0.15) is 29.5 Å². The van der Waals surface area contributed by atoms with E-state index < -0.39 is 0 Å². The Bertz CT molecular complexity index is 993. The predicted octanol–water partition coefficient (Wildman–Crippen LogP) is 4.38. The summed E-state index contributed by atoms with van der Waals surface area (Å²) in [4.78, 5) is 4.43. The highest BCUT2D eigenvalue weighted by atomic mass is 19.1. The minimum Gasteiger partial charge on any atom is -0.464 e. The van der Waals surface area contributed by atoms with Crippen LogP contribution in [0.25, 0.3) is 11.0 Å². The van der Waals surface area contributed by atoms with Gasteiger partial charge in [0.2, 0.25) is 0 Å². The number of hydrogen-bond acceptors (Lipinski definition) is 4. The van der Waals surface area contributed by atoms with Crippen molar-refractivity contribution < 1.29 is 13.5 Å². The van der Waals surface area contributed by atoms with Crippen molar-refractivity contribution in [2.75, 3.05) is 44.3 Å². The molecule has 146 valence electrons. The molecule has 4 nitrogen and oxygen atoms in total. The van der Waals surface area contributed by atoms with Gasteiger partial charge in [-0.25, -0.2) is 4.39 Å². The largest absolute Gasteiger partial charge is 0.464 e. The first-order valence-corrected chi connectivity index (χ1v) is 10.1. The first-order chi connectivity index (χ1) is 13.7. The number of benzene rings is 2. The van der Waals surface area contributed by atoms with E-state index >= 15 is 4.39 Å². The Hall–Kier alpha value is -2.37. The van der Waals surface area contributed by atoms with Crippen LogP contribution in [0.15, 0.2) is 47.1 Å². The number of nitrogens with zero attached hydrogens (tertiary/aromatic N) is 2. The molecule has 2 aromatic carbocycles. The van der Waals surface area contributed by atoms with Gasteiger partial charge in [0.15, 0.2) is 5.82 Å². The zero-order chi connectivity index (χ0) is 19.1. The van der Waals surface area contributed by atoms with E-state index in [9.17, 15) is 0 Å². The van der Waals surface area contributed by atoms with Crippen LogP contribution in [-0.2, 0) is 11.3 Å². The maximum Gasteiger partial charge on any atom is 0.151 e. The van der Waals surface area contributed by atoms with Gasteiger partial charge in [-0.1, -0.05) is 25.1 Å². The lowest BCUT2D eigenvalue weighted by Gasteiger charge is -2.36. The van der Waals surface area contributed by atoms with Gasteiger partial charge in [0.1, 0.15) is 5.58 Å². The van der Waals surface area contributed by atoms with E-state index in [1.165, 1.54) is 5.56 Å². The second-order valence-electron chi connectivity index (χ2n) is 7.66. The third kappa shape index (κ3) is 2.99. The fraction of sp³-hybridized carbons (Fsp3) is 0.391. The number of anilines is 1. The Labute approximate surface area is 164 Å². The number of halogens is 1. The van der Waals surface area contributed by atoms with Crippen molar-refractivity contribution >= 4 is 16.7 Å². The van der Waals surface area contributed by atoms with E-state index in [-0.39, 0.29) is 11.7 Å². The number of rotatable bonds is 3. The van der Waals surface area contributed by atoms with E-state index in [1.54, 1.807) is 6.26 Å². The Kier molecular flexibility index (Phi) is 4.57. The molecule has 3 heterocycles. The van der Waals surface area contributed by atoms with Gasteiger partial charge in [0.25, 0.3) is 0 Å². The molecule has 1 aromatic heterocycles. The van der Waals surface area contributed by atoms with Gasteiger partial charge in [-0.2, -0.15) is 0 Å². The van der Waals surface area contributed by atoms with Gasteiger partial charge in [-0.15, -0.1) is 0 Å². The Morgan fingerprint density at radius 1 is 1.11 bits per heavy atom. The summed E-state index contributed by atoms with van der Waals surface area (Å²) in [5.74, 6) is 0.0769. The minimum atomic E-state index is -0.0679. The van der Waals surface area contributed by atoms with Crippen molar-refractivity contribution in [3.63, 3.8) is 0 Å². The molecule has 1 unspecified atom stereocenters. The van der Waals surface area contributed by atoms with Crippen molar-refractivity contribution in [1.82, 2.24) is 4.90 Å². The van der Waals surface area contributed by atoms with E-state index in [0.717, 1.165) is 48.3 Å². The van der Waals surface area contributed by atoms with Crippen LogP contribution < -0.4 is 4.90 Å². The molecule has 0 saturated carbocycles. The molecule has 2 aliphatic heterocycles. The van der Waals surface area contributed by atoms with Crippen LogP contribution in [0.3, 0.4) is 0 Å². The van der Waals surface area contributed by atoms with Gasteiger partial charge < -0.3 is 14.1 Å². The second-order valence-corrected chi connectivity index (χ2v) is 7.66. The molecular weight excluding hydrogens is 355 g/mol. The van der Waals surface area contributed by atoms with Gasteiger partial charge >= 0.3 is 0 Å². The highest BCUT2D eigenvalue weighted by Gasteiger charge is 2.30. The second kappa shape index (κ2) is 7.22. The first kappa shape index (κ1) is 17.7. The zero-order valence-electron chi connectivity index (χ0n) is 16.2. The van der Waals surface area contributed by atoms with E-state index in [2.05, 4.69) is 41.0 Å². The lowest BCUT2D eigenvalue weighted by molar-refractivity contribution is 0.122. The molecular formula is C23H25FN2O2. The summed E-state index contributed by atoms with van der Waals surface area (Å²) in [6.45, 7) is 7.40. The number of furan rings is 1. The van der Waals surface area contributed by atoms with Crippen LogP contribution in [0, 0.1) is 5.82 Å². The normalized spacial score (nSPS) is 20.5. The highest BCUT2D eigenvalue weighted by Crippen LogP contribution is 2.38. The molecule has 3 aromatic rings. The number of hydrogen-bond donors (Lipinski definition) is 0. The molecule has 5 rings (SSSR count). The summed E-state index contributed by atoms with van der Waals surface area (Å²) in [6, 6.07) is 12.4. The Balaban J connectivity index is 1.58. The Morgan fingerprint density at radius 2 is 1.96 bits per heavy atom. The van der Waals surface area contributed by atoms with Gasteiger partial charge in [0, 0.05) is 43.0 Å². The molecule has 28 heavy (non-hydrogen) atoms. The van der Waals surface area contributed by atoms with Crippen molar-refractivity contribution in [2.45, 2.75) is 19.4 Å². The molecule has 1 fully saturated rings. The molecule has 1 saturated heterocycles. The molecule has 0 spiro atoms. The summed E-state index contributed by atoms with van der Waals surface area (Å²) < 4.78 is 26.7. The van der Waals surface area contributed by atoms with Gasteiger partial charge in [-0.05, 0) is 35.9 Å². The molecule has 0 N–H and O–H groups in total. The van der Waals surface area contributed by atoms with Crippen molar-refractivity contribution in [3.05, 3.63) is 65.2 Å². The summed E-state index contributed by atoms with van der Waals surface area (Å²) in [5, 5.41) is 1.10. The molecule has 0 aliphatic carbocycles. The van der Waals surface area contributed by atoms with Crippen LogP contribution in [0.4, 0.5) is 10.1 Å². The van der Waals surface area contributed by atoms with Crippen LogP contribution in [0.2, 0.25) is 0 Å². The third-order valence-electron chi connectivity index (χ3n) is 6.14. The zero-order valence-corrected chi connectivity index (χ0v) is 16.2. The number of likely N-dealkylation sites (N-methyl/N-ethyl adjacent to an activating group) is 1. The number of ether oxygens (including phenoxy) is 1. The minimum absolute atomic E-state index is 0.0679. The fourth-order valence-corrected chi connectivity index (χ4v) is 4.52. The predicted molar refractivity (Wildman–Crippen MR) is 108 cm³/mol. The highest BCUT2D eigenvalue weighted by molar-refractivity contribution is 5.78. The molecule has 0 amide bonds. The molecule has 0 bridgehead atoms. The number of morpholine rings is 1. The van der Waals surface area contributed by atoms with E-state index in [4.69, 9.17) is 9.15 Å². The molecule has 5 heteroatoms. The maximum atomic E-state index is 15.6. The summed E-state index contributed by atoms with van der Waals surface area (Å²) in [5.41, 5.74) is 4.71. The van der Waals surface area contributed by atoms with Crippen molar-refractivity contribution in [1.29, 1.82) is 0 Å². The van der Waals surface area contributed by atoms with E-state index in [0.29, 0.717) is 25.4 Å². The summed E-state index contributed by atoms with van der Waals surface area (Å²) in [6.07, 6.45) is 1.72. The van der Waals surface area contributed by atoms with E-state index in [1.807, 2.05) is 12.1 Å². The summed E-state index contributed by atoms with van der Waals surface area (Å²) >= 11 is 0. The monoisotopic (exact) mass is 380 g/mol. The third-order valence-corrected chi connectivity index (χ3v) is 6.14. The van der Waals surface area contributed by atoms with Crippen molar-refractivity contribution in [3.8, 4) is 0 Å². The van der Waals surface area contributed by atoms with Gasteiger partial charge in [-0.3, -0.25) is 4.90 Å². The molecule has 0 radical (unpaired) electrons. The van der Waals surface area contributed by atoms with Crippen LogP contribution in [-0.4, -0.2) is 44.3 Å². The van der Waals surface area contributed by atoms with Gasteiger partial charge in [0.05, 0.1) is 25.2 Å². The first-order valence-electron chi connectivity index (χ1n) is 10.1. The van der Waals surface area contributed by atoms with Crippen molar-refractivity contribution in [2.24, 2.45) is 0 Å². The lowest BCUT2D eigenvalue weighted by atomic mass is 9.83. The quantitative estimate of drug-likeness (QED) is 0.674. The SMILES string of the molecule is CCN1Cc2c(ccc(N3CCOCC3)c2F)C(c2ccc3ccoc3c2)C1. The lowest BCUT2D eigenvalue weighted by Crippen LogP contribution is -2.38. The smallest absolute Gasteiger partial charge is 0.151 e. The topological polar surface area (TPSA) is 28.9 Å². The van der Waals surface area contributed by atoms with Crippen LogP contribution >= 0.6 is 0 Å². The Morgan fingerprint density at radius 3 is 2.79 bits per heavy atom. The molecule has 2 aliphatic rings. The number of fused-ring (bicyclic) bond motifs is 2. The average molecular weight is 380 g/mol. The van der Waals surface area contributed by atoms with Crippen LogP contribution in [0.5, 0.6) is 0 Å². The fourth-order valence-electron chi connectivity index (χ4n) is 4.52. The maximum absolute atomic E-state index is 15.6.